The molecule has 0 aliphatic carbocycles. The molecule has 0 aliphatic rings. The van der Waals surface area contributed by atoms with E-state index in [0.29, 0.717) is 0 Å². The number of hydrogen-bond donors (Lipinski definition) is 1. The van der Waals surface area contributed by atoms with Crippen LogP contribution in [0.5, 0.6) is 5.75 Å². The van der Waals surface area contributed by atoms with E-state index >= 15 is 0 Å². The van der Waals surface area contributed by atoms with E-state index in [0.717, 1.165) is 11.3 Å². The van der Waals surface area contributed by atoms with Crippen LogP contribution in [0.25, 0.3) is 0 Å². The molecule has 1 rings (SSSR count). The van der Waals surface area contributed by atoms with Gasteiger partial charge in [0.05, 0.1) is 13.7 Å². The first-order valence-electron chi connectivity index (χ1n) is 4.96. The molecule has 0 radical (unpaired) electrons. The van der Waals surface area contributed by atoms with Crippen LogP contribution < -0.4 is 4.74 Å². The summed E-state index contributed by atoms with van der Waals surface area (Å²) in [5, 5.41) is 8.86. The normalized spacial score (nSPS) is 11.2. The molecular formula is C12H16O4. The summed E-state index contributed by atoms with van der Waals surface area (Å²) in [7, 11) is 1.60. The van der Waals surface area contributed by atoms with Crippen molar-refractivity contribution in [2.75, 3.05) is 7.11 Å². The fraction of sp³-hybridized carbons (Fsp3) is 0.417. The van der Waals surface area contributed by atoms with E-state index in [2.05, 4.69) is 0 Å². The number of rotatable bonds is 5. The first-order chi connectivity index (χ1) is 7.45. The summed E-state index contributed by atoms with van der Waals surface area (Å²) in [6.45, 7) is 3.32. The largest absolute Gasteiger partial charge is 0.497 e. The lowest BCUT2D eigenvalue weighted by Gasteiger charge is -2.20. The van der Waals surface area contributed by atoms with Crippen molar-refractivity contribution in [2.45, 2.75) is 26.1 Å². The molecule has 0 atom stereocenters. The summed E-state index contributed by atoms with van der Waals surface area (Å²) < 4.78 is 10.3. The van der Waals surface area contributed by atoms with Crippen LogP contribution in [0.3, 0.4) is 0 Å². The molecule has 0 unspecified atom stereocenters. The summed E-state index contributed by atoms with van der Waals surface area (Å²) >= 11 is 0. The van der Waals surface area contributed by atoms with Gasteiger partial charge >= 0.3 is 5.97 Å². The topological polar surface area (TPSA) is 55.8 Å². The fourth-order valence-electron chi connectivity index (χ4n) is 1.05. The number of hydrogen-bond acceptors (Lipinski definition) is 3. The third-order valence-corrected chi connectivity index (χ3v) is 2.27. The van der Waals surface area contributed by atoms with Crippen molar-refractivity contribution in [3.8, 4) is 5.75 Å². The van der Waals surface area contributed by atoms with Crippen LogP contribution >= 0.6 is 0 Å². The number of methoxy groups -OCH3 is 1. The predicted octanol–water partition coefficient (Wildman–Crippen LogP) is 2.08. The standard InChI is InChI=1S/C12H16O4/c1-12(2,11(13)14)16-8-9-4-6-10(15-3)7-5-9/h4-7H,8H2,1-3H3,(H,13,14). The average Bonchev–Trinajstić information content (AvgIpc) is 2.27. The molecule has 0 aliphatic heterocycles. The minimum absolute atomic E-state index is 0.267. The lowest BCUT2D eigenvalue weighted by Crippen LogP contribution is -2.34. The van der Waals surface area contributed by atoms with E-state index in [9.17, 15) is 4.79 Å². The van der Waals surface area contributed by atoms with Crippen molar-refractivity contribution < 1.29 is 19.4 Å². The maximum Gasteiger partial charge on any atom is 0.335 e. The lowest BCUT2D eigenvalue weighted by molar-refractivity contribution is -0.162. The summed E-state index contributed by atoms with van der Waals surface area (Å²) in [5.74, 6) is -0.206. The minimum Gasteiger partial charge on any atom is -0.497 e. The van der Waals surface area contributed by atoms with Crippen LogP contribution in [0.1, 0.15) is 19.4 Å². The van der Waals surface area contributed by atoms with Crippen LogP contribution in [-0.2, 0) is 16.1 Å². The van der Waals surface area contributed by atoms with E-state index in [1.54, 1.807) is 7.11 Å². The van der Waals surface area contributed by atoms with Crippen molar-refractivity contribution in [1.82, 2.24) is 0 Å². The average molecular weight is 224 g/mol. The highest BCUT2D eigenvalue weighted by Crippen LogP contribution is 2.16. The molecule has 0 spiro atoms. The van der Waals surface area contributed by atoms with Gasteiger partial charge in [-0.05, 0) is 31.5 Å². The Morgan fingerprint density at radius 1 is 1.31 bits per heavy atom. The Hall–Kier alpha value is -1.55. The molecule has 0 amide bonds. The van der Waals surface area contributed by atoms with Crippen molar-refractivity contribution >= 4 is 5.97 Å². The Labute approximate surface area is 94.8 Å². The Morgan fingerprint density at radius 3 is 2.31 bits per heavy atom. The summed E-state index contributed by atoms with van der Waals surface area (Å²) in [6.07, 6.45) is 0. The van der Waals surface area contributed by atoms with Gasteiger partial charge in [0.15, 0.2) is 5.60 Å². The van der Waals surface area contributed by atoms with E-state index in [4.69, 9.17) is 14.6 Å². The van der Waals surface area contributed by atoms with Gasteiger partial charge in [-0.15, -0.1) is 0 Å². The van der Waals surface area contributed by atoms with Crippen molar-refractivity contribution in [2.24, 2.45) is 0 Å². The highest BCUT2D eigenvalue weighted by molar-refractivity contribution is 5.76. The van der Waals surface area contributed by atoms with Gasteiger partial charge in [-0.3, -0.25) is 0 Å². The van der Waals surface area contributed by atoms with Crippen LogP contribution in [0.4, 0.5) is 0 Å². The monoisotopic (exact) mass is 224 g/mol. The molecule has 4 heteroatoms. The molecule has 0 saturated carbocycles. The Kier molecular flexibility index (Phi) is 3.90. The molecular weight excluding hydrogens is 208 g/mol. The zero-order valence-electron chi connectivity index (χ0n) is 9.69. The number of aliphatic carboxylic acids is 1. The number of carboxylic acids is 1. The van der Waals surface area contributed by atoms with Crippen molar-refractivity contribution in [1.29, 1.82) is 0 Å². The van der Waals surface area contributed by atoms with E-state index in [1.165, 1.54) is 13.8 Å². The van der Waals surface area contributed by atoms with Gasteiger partial charge in [0.25, 0.3) is 0 Å². The number of carbonyl (C=O) groups is 1. The maximum absolute atomic E-state index is 10.8. The second-order valence-corrected chi connectivity index (χ2v) is 3.95. The Balaban J connectivity index is 2.58. The number of carboxylic acid groups (broad SMARTS) is 1. The number of benzene rings is 1. The SMILES string of the molecule is COc1ccc(COC(C)(C)C(=O)O)cc1. The second kappa shape index (κ2) is 4.99. The predicted molar refractivity (Wildman–Crippen MR) is 59.5 cm³/mol. The molecule has 1 N–H and O–H groups in total. The Morgan fingerprint density at radius 2 is 1.88 bits per heavy atom. The molecule has 0 saturated heterocycles. The van der Waals surface area contributed by atoms with Gasteiger partial charge < -0.3 is 14.6 Å². The van der Waals surface area contributed by atoms with Gasteiger partial charge in [0, 0.05) is 0 Å². The first kappa shape index (κ1) is 12.5. The molecule has 1 aromatic carbocycles. The van der Waals surface area contributed by atoms with Gasteiger partial charge in [-0.1, -0.05) is 12.1 Å². The molecule has 1 aromatic rings. The van der Waals surface area contributed by atoms with Gasteiger partial charge in [0.1, 0.15) is 5.75 Å². The Bertz CT molecular complexity index is 354. The number of ether oxygens (including phenoxy) is 2. The van der Waals surface area contributed by atoms with Crippen molar-refractivity contribution in [3.63, 3.8) is 0 Å². The van der Waals surface area contributed by atoms with E-state index < -0.39 is 11.6 Å². The zero-order chi connectivity index (χ0) is 12.2. The minimum atomic E-state index is -1.17. The molecule has 0 fully saturated rings. The molecule has 0 bridgehead atoms. The summed E-state index contributed by atoms with van der Waals surface area (Å²) in [5.41, 5.74) is -0.255. The maximum atomic E-state index is 10.8. The fourth-order valence-corrected chi connectivity index (χ4v) is 1.05. The first-order valence-corrected chi connectivity index (χ1v) is 4.96. The van der Waals surface area contributed by atoms with E-state index in [-0.39, 0.29) is 6.61 Å². The van der Waals surface area contributed by atoms with Crippen molar-refractivity contribution in [3.05, 3.63) is 29.8 Å². The third kappa shape index (κ3) is 3.24. The van der Waals surface area contributed by atoms with Gasteiger partial charge in [0.2, 0.25) is 0 Å². The highest BCUT2D eigenvalue weighted by atomic mass is 16.5. The van der Waals surface area contributed by atoms with Crippen LogP contribution in [0.15, 0.2) is 24.3 Å². The molecule has 4 nitrogen and oxygen atoms in total. The highest BCUT2D eigenvalue weighted by Gasteiger charge is 2.27. The van der Waals surface area contributed by atoms with Crippen LogP contribution in [0, 0.1) is 0 Å². The van der Waals surface area contributed by atoms with E-state index in [1.807, 2.05) is 24.3 Å². The second-order valence-electron chi connectivity index (χ2n) is 3.95. The van der Waals surface area contributed by atoms with Gasteiger partial charge in [-0.25, -0.2) is 4.79 Å². The lowest BCUT2D eigenvalue weighted by atomic mass is 10.1. The van der Waals surface area contributed by atoms with Gasteiger partial charge in [-0.2, -0.15) is 0 Å². The smallest absolute Gasteiger partial charge is 0.335 e. The van der Waals surface area contributed by atoms with Crippen LogP contribution in [-0.4, -0.2) is 23.8 Å². The van der Waals surface area contributed by atoms with Crippen LogP contribution in [0.2, 0.25) is 0 Å². The molecule has 88 valence electrons. The summed E-state index contributed by atoms with van der Waals surface area (Å²) in [4.78, 5) is 10.8. The summed E-state index contributed by atoms with van der Waals surface area (Å²) in [6, 6.07) is 7.31. The zero-order valence-corrected chi connectivity index (χ0v) is 9.69. The molecule has 0 aromatic heterocycles. The molecule has 0 heterocycles. The quantitative estimate of drug-likeness (QED) is 0.831. The molecule has 16 heavy (non-hydrogen) atoms. The third-order valence-electron chi connectivity index (χ3n) is 2.27.